The van der Waals surface area contributed by atoms with Crippen molar-refractivity contribution < 1.29 is 9.90 Å². The first-order chi connectivity index (χ1) is 6.77. The van der Waals surface area contributed by atoms with Gasteiger partial charge in [-0.25, -0.2) is 0 Å². The number of hydrogen-bond donors (Lipinski definition) is 2. The topological polar surface area (TPSA) is 66.0 Å². The molecule has 4 nitrogen and oxygen atoms in total. The average molecular weight is 194 g/mol. The van der Waals surface area contributed by atoms with Crippen molar-refractivity contribution in [2.75, 3.05) is 0 Å². The van der Waals surface area contributed by atoms with E-state index < -0.39 is 5.97 Å². The Bertz CT molecular complexity index is 333. The maximum absolute atomic E-state index is 10.7. The van der Waals surface area contributed by atoms with Crippen LogP contribution in [0.3, 0.4) is 0 Å². The molecule has 0 radical (unpaired) electrons. The van der Waals surface area contributed by atoms with E-state index in [0.29, 0.717) is 0 Å². The lowest BCUT2D eigenvalue weighted by atomic mass is 9.96. The van der Waals surface area contributed by atoms with Gasteiger partial charge < -0.3 is 5.11 Å². The molecule has 14 heavy (non-hydrogen) atoms. The lowest BCUT2D eigenvalue weighted by Gasteiger charge is -2.10. The van der Waals surface area contributed by atoms with Crippen molar-refractivity contribution in [3.05, 3.63) is 17.5 Å². The minimum absolute atomic E-state index is 0.132. The highest BCUT2D eigenvalue weighted by Gasteiger charge is 2.22. The number of aliphatic carboxylic acids is 1. The minimum atomic E-state index is -0.725. The molecule has 0 saturated heterocycles. The van der Waals surface area contributed by atoms with Crippen LogP contribution in [0.15, 0.2) is 6.20 Å². The summed E-state index contributed by atoms with van der Waals surface area (Å²) in [5.74, 6) is -0.593. The number of aryl methyl sites for hydroxylation is 1. The van der Waals surface area contributed by atoms with Crippen LogP contribution < -0.4 is 0 Å². The number of aromatic nitrogens is 2. The zero-order valence-corrected chi connectivity index (χ0v) is 7.99. The molecule has 0 bridgehead atoms. The number of carboxylic acid groups (broad SMARTS) is 1. The number of nitrogens with zero attached hydrogens (tertiary/aromatic N) is 1. The van der Waals surface area contributed by atoms with E-state index >= 15 is 0 Å². The van der Waals surface area contributed by atoms with E-state index in [1.807, 2.05) is 6.20 Å². The van der Waals surface area contributed by atoms with Gasteiger partial charge in [-0.05, 0) is 24.8 Å². The molecule has 0 saturated carbocycles. The van der Waals surface area contributed by atoms with E-state index in [1.54, 1.807) is 0 Å². The van der Waals surface area contributed by atoms with Gasteiger partial charge in [-0.15, -0.1) is 0 Å². The third-order valence-corrected chi connectivity index (χ3v) is 2.83. The van der Waals surface area contributed by atoms with Gasteiger partial charge in [0.1, 0.15) is 0 Å². The molecule has 0 aliphatic heterocycles. The molecule has 2 rings (SSSR count). The maximum Gasteiger partial charge on any atom is 0.304 e. The van der Waals surface area contributed by atoms with E-state index in [0.717, 1.165) is 31.4 Å². The molecule has 0 spiro atoms. The van der Waals surface area contributed by atoms with Crippen LogP contribution >= 0.6 is 0 Å². The number of fused-ring (bicyclic) bond motifs is 1. The zero-order chi connectivity index (χ0) is 9.97. The van der Waals surface area contributed by atoms with E-state index in [2.05, 4.69) is 10.2 Å². The van der Waals surface area contributed by atoms with Gasteiger partial charge in [-0.1, -0.05) is 6.42 Å². The Labute approximate surface area is 82.3 Å². The zero-order valence-electron chi connectivity index (χ0n) is 7.99. The van der Waals surface area contributed by atoms with Crippen LogP contribution in [-0.2, 0) is 11.2 Å². The normalized spacial score (nSPS) is 21.3. The molecule has 1 aromatic heterocycles. The van der Waals surface area contributed by atoms with Crippen LogP contribution in [0.1, 0.15) is 42.9 Å². The van der Waals surface area contributed by atoms with Gasteiger partial charge in [-0.3, -0.25) is 9.89 Å². The van der Waals surface area contributed by atoms with Gasteiger partial charge >= 0.3 is 5.97 Å². The number of carbonyl (C=O) groups is 1. The van der Waals surface area contributed by atoms with Crippen molar-refractivity contribution in [3.8, 4) is 0 Å². The van der Waals surface area contributed by atoms with Gasteiger partial charge in [0.15, 0.2) is 0 Å². The number of hydrogen-bond acceptors (Lipinski definition) is 2. The van der Waals surface area contributed by atoms with Gasteiger partial charge in [0, 0.05) is 11.6 Å². The summed E-state index contributed by atoms with van der Waals surface area (Å²) in [5, 5.41) is 15.7. The number of carboxylic acids is 1. The Hall–Kier alpha value is -1.32. The molecule has 0 aromatic carbocycles. The summed E-state index contributed by atoms with van der Waals surface area (Å²) in [5.41, 5.74) is 2.25. The van der Waals surface area contributed by atoms with Crippen molar-refractivity contribution in [1.82, 2.24) is 10.2 Å². The molecule has 4 heteroatoms. The standard InChI is InChI=1S/C10H14N2O2/c13-9(14)5-7-3-1-2-4-8-6-11-12-10(7)8/h6-7H,1-5H2,(H,11,12)(H,13,14). The van der Waals surface area contributed by atoms with Gasteiger partial charge in [0.2, 0.25) is 0 Å². The van der Waals surface area contributed by atoms with Crippen molar-refractivity contribution >= 4 is 5.97 Å². The fourth-order valence-corrected chi connectivity index (χ4v) is 2.14. The first kappa shape index (κ1) is 9.24. The molecule has 2 N–H and O–H groups in total. The van der Waals surface area contributed by atoms with E-state index in [4.69, 9.17) is 5.11 Å². The smallest absolute Gasteiger partial charge is 0.304 e. The van der Waals surface area contributed by atoms with E-state index in [1.165, 1.54) is 5.56 Å². The summed E-state index contributed by atoms with van der Waals surface area (Å²) < 4.78 is 0. The molecule has 1 atom stereocenters. The molecule has 1 heterocycles. The first-order valence-electron chi connectivity index (χ1n) is 5.01. The van der Waals surface area contributed by atoms with E-state index in [9.17, 15) is 4.79 Å². The number of aromatic amines is 1. The highest BCUT2D eigenvalue weighted by molar-refractivity contribution is 5.68. The van der Waals surface area contributed by atoms with Crippen LogP contribution in [0, 0.1) is 0 Å². The number of rotatable bonds is 2. The summed E-state index contributed by atoms with van der Waals surface area (Å²) in [6.07, 6.45) is 6.29. The Morgan fingerprint density at radius 3 is 3.29 bits per heavy atom. The molecular formula is C10H14N2O2. The van der Waals surface area contributed by atoms with Crippen molar-refractivity contribution in [2.45, 2.75) is 38.0 Å². The molecule has 1 unspecified atom stereocenters. The maximum atomic E-state index is 10.7. The Morgan fingerprint density at radius 2 is 2.50 bits per heavy atom. The summed E-state index contributed by atoms with van der Waals surface area (Å²) >= 11 is 0. The second kappa shape index (κ2) is 3.82. The van der Waals surface area contributed by atoms with Crippen molar-refractivity contribution in [1.29, 1.82) is 0 Å². The third kappa shape index (κ3) is 1.78. The summed E-state index contributed by atoms with van der Waals surface area (Å²) in [6.45, 7) is 0. The average Bonchev–Trinajstić information content (AvgIpc) is 2.51. The molecular weight excluding hydrogens is 180 g/mol. The second-order valence-electron chi connectivity index (χ2n) is 3.85. The van der Waals surface area contributed by atoms with Gasteiger partial charge in [-0.2, -0.15) is 5.10 Å². The minimum Gasteiger partial charge on any atom is -0.481 e. The predicted octanol–water partition coefficient (Wildman–Crippen LogP) is 1.69. The molecule has 1 aliphatic carbocycles. The molecule has 1 aliphatic rings. The molecule has 0 fully saturated rings. The van der Waals surface area contributed by atoms with Crippen LogP contribution in [0.4, 0.5) is 0 Å². The fourth-order valence-electron chi connectivity index (χ4n) is 2.14. The second-order valence-corrected chi connectivity index (χ2v) is 3.85. The van der Waals surface area contributed by atoms with Crippen LogP contribution in [-0.4, -0.2) is 21.3 Å². The third-order valence-electron chi connectivity index (χ3n) is 2.83. The largest absolute Gasteiger partial charge is 0.481 e. The van der Waals surface area contributed by atoms with Crippen LogP contribution in [0.5, 0.6) is 0 Å². The van der Waals surface area contributed by atoms with Crippen molar-refractivity contribution in [2.24, 2.45) is 0 Å². The Balaban J connectivity index is 2.21. The number of nitrogens with one attached hydrogen (secondary N) is 1. The first-order valence-corrected chi connectivity index (χ1v) is 5.01. The fraction of sp³-hybridized carbons (Fsp3) is 0.600. The highest BCUT2D eigenvalue weighted by atomic mass is 16.4. The predicted molar refractivity (Wildman–Crippen MR) is 51.1 cm³/mol. The summed E-state index contributed by atoms with van der Waals surface area (Å²) in [6, 6.07) is 0. The van der Waals surface area contributed by atoms with Gasteiger partial charge in [0.25, 0.3) is 0 Å². The lowest BCUT2D eigenvalue weighted by molar-refractivity contribution is -0.137. The molecule has 0 amide bonds. The highest BCUT2D eigenvalue weighted by Crippen LogP contribution is 2.30. The Kier molecular flexibility index (Phi) is 2.52. The lowest BCUT2D eigenvalue weighted by Crippen LogP contribution is -2.07. The van der Waals surface area contributed by atoms with Crippen molar-refractivity contribution in [3.63, 3.8) is 0 Å². The SMILES string of the molecule is O=C(O)CC1CCCCc2cn[nH]c21. The Morgan fingerprint density at radius 1 is 1.64 bits per heavy atom. The quantitative estimate of drug-likeness (QED) is 0.704. The molecule has 76 valence electrons. The summed E-state index contributed by atoms with van der Waals surface area (Å²) in [7, 11) is 0. The summed E-state index contributed by atoms with van der Waals surface area (Å²) in [4.78, 5) is 10.7. The van der Waals surface area contributed by atoms with E-state index in [-0.39, 0.29) is 12.3 Å². The number of H-pyrrole nitrogens is 1. The molecule has 1 aromatic rings. The monoisotopic (exact) mass is 194 g/mol. The van der Waals surface area contributed by atoms with Gasteiger partial charge in [0.05, 0.1) is 12.6 Å². The van der Waals surface area contributed by atoms with Crippen LogP contribution in [0.25, 0.3) is 0 Å². The van der Waals surface area contributed by atoms with Crippen LogP contribution in [0.2, 0.25) is 0 Å².